The molecule has 8 N–H and O–H groups in total. The maximum absolute atomic E-state index is 12.1. The summed E-state index contributed by atoms with van der Waals surface area (Å²) in [6, 6.07) is 3.70. The molecule has 11 nitrogen and oxygen atoms in total. The van der Waals surface area contributed by atoms with Gasteiger partial charge in [0.05, 0.1) is 18.4 Å². The number of primary amides is 1. The molecule has 0 spiro atoms. The van der Waals surface area contributed by atoms with Crippen molar-refractivity contribution in [2.75, 3.05) is 0 Å². The van der Waals surface area contributed by atoms with E-state index in [-0.39, 0.29) is 42.1 Å². The van der Waals surface area contributed by atoms with Crippen LogP contribution in [-0.4, -0.2) is 46.6 Å². The van der Waals surface area contributed by atoms with Crippen molar-refractivity contribution in [2.45, 2.75) is 44.6 Å². The van der Waals surface area contributed by atoms with Crippen LogP contribution in [0.3, 0.4) is 0 Å². The van der Waals surface area contributed by atoms with Gasteiger partial charge in [-0.2, -0.15) is 4.99 Å². The largest absolute Gasteiger partial charge is 0.481 e. The number of halogens is 2. The van der Waals surface area contributed by atoms with Gasteiger partial charge in [0.25, 0.3) is 0 Å². The summed E-state index contributed by atoms with van der Waals surface area (Å²) in [6.07, 6.45) is -1.28. The van der Waals surface area contributed by atoms with Crippen LogP contribution in [0.5, 0.6) is 0 Å². The number of hydrogen-bond acceptors (Lipinski definition) is 6. The Bertz CT molecular complexity index is 933. The van der Waals surface area contributed by atoms with Crippen molar-refractivity contribution in [1.82, 2.24) is 5.32 Å². The molecule has 2 atom stereocenters. The van der Waals surface area contributed by atoms with Crippen molar-refractivity contribution < 1.29 is 29.1 Å². The Hall–Kier alpha value is -3.02. The number of carbonyl (C=O) groups is 5. The third-order valence-corrected chi connectivity index (χ3v) is 5.24. The van der Waals surface area contributed by atoms with Crippen molar-refractivity contribution in [1.29, 1.82) is 0 Å². The van der Waals surface area contributed by atoms with Crippen LogP contribution in [0.15, 0.2) is 23.2 Å². The molecule has 0 aromatic heterocycles. The normalized spacial score (nSPS) is 13.1. The topological polar surface area (TPSA) is 208 Å². The number of carboxylic acid groups (broad SMARTS) is 1. The van der Waals surface area contributed by atoms with E-state index in [9.17, 15) is 29.1 Å². The highest BCUT2D eigenvalue weighted by atomic mass is 35.5. The predicted octanol–water partition coefficient (Wildman–Crippen LogP) is 0.526. The SMILES string of the molecule is NC(=O)CC[C@@H](N)C(=O)C[C@@H](CCC(=O)N=C(N)NC(=O)Cc1c(Cl)cccc1Cl)C(=O)O. The van der Waals surface area contributed by atoms with Crippen molar-refractivity contribution in [3.8, 4) is 0 Å². The molecule has 1 aromatic carbocycles. The Kier molecular flexibility index (Phi) is 11.5. The molecule has 1 aromatic rings. The Morgan fingerprint density at radius 2 is 1.64 bits per heavy atom. The molecule has 33 heavy (non-hydrogen) atoms. The van der Waals surface area contributed by atoms with E-state index in [4.69, 9.17) is 40.4 Å². The maximum Gasteiger partial charge on any atom is 0.306 e. The number of rotatable bonds is 12. The lowest BCUT2D eigenvalue weighted by Crippen LogP contribution is -2.38. The second kappa shape index (κ2) is 13.5. The summed E-state index contributed by atoms with van der Waals surface area (Å²) in [7, 11) is 0. The van der Waals surface area contributed by atoms with E-state index in [1.54, 1.807) is 18.2 Å². The van der Waals surface area contributed by atoms with E-state index < -0.39 is 53.8 Å². The summed E-state index contributed by atoms with van der Waals surface area (Å²) in [5.41, 5.74) is 16.6. The fraction of sp³-hybridized carbons (Fsp3) is 0.400. The zero-order chi connectivity index (χ0) is 25.1. The molecule has 0 aliphatic carbocycles. The molecule has 0 aliphatic rings. The van der Waals surface area contributed by atoms with Crippen LogP contribution >= 0.6 is 23.2 Å². The number of guanidine groups is 1. The molecule has 180 valence electrons. The first kappa shape index (κ1) is 28.0. The van der Waals surface area contributed by atoms with Gasteiger partial charge in [0.1, 0.15) is 5.78 Å². The Morgan fingerprint density at radius 1 is 1.03 bits per heavy atom. The number of aliphatic imine (C=N–C) groups is 1. The lowest BCUT2D eigenvalue weighted by Gasteiger charge is -2.14. The van der Waals surface area contributed by atoms with Crippen LogP contribution in [0.1, 0.15) is 37.7 Å². The van der Waals surface area contributed by atoms with Gasteiger partial charge in [-0.3, -0.25) is 29.3 Å². The molecule has 0 aliphatic heterocycles. The van der Waals surface area contributed by atoms with Crippen LogP contribution in [0.25, 0.3) is 0 Å². The van der Waals surface area contributed by atoms with E-state index in [0.717, 1.165) is 0 Å². The number of benzene rings is 1. The smallest absolute Gasteiger partial charge is 0.306 e. The molecule has 0 saturated carbocycles. The minimum Gasteiger partial charge on any atom is -0.481 e. The van der Waals surface area contributed by atoms with E-state index in [0.29, 0.717) is 5.56 Å². The molecule has 1 rings (SSSR count). The number of nitrogens with one attached hydrogen (secondary N) is 1. The number of hydrogen-bond donors (Lipinski definition) is 5. The Labute approximate surface area is 199 Å². The molecule has 0 radical (unpaired) electrons. The van der Waals surface area contributed by atoms with Crippen LogP contribution in [0.4, 0.5) is 0 Å². The minimum absolute atomic E-state index is 0.000628. The van der Waals surface area contributed by atoms with Gasteiger partial charge in [0, 0.05) is 29.3 Å². The second-order valence-corrected chi connectivity index (χ2v) is 7.99. The van der Waals surface area contributed by atoms with Gasteiger partial charge in [0.2, 0.25) is 23.7 Å². The summed E-state index contributed by atoms with van der Waals surface area (Å²) in [5, 5.41) is 12.1. The Balaban J connectivity index is 2.60. The van der Waals surface area contributed by atoms with Gasteiger partial charge in [-0.25, -0.2) is 0 Å². The van der Waals surface area contributed by atoms with Gasteiger partial charge in [0.15, 0.2) is 0 Å². The highest BCUT2D eigenvalue weighted by molar-refractivity contribution is 6.36. The first-order chi connectivity index (χ1) is 15.4. The zero-order valence-corrected chi connectivity index (χ0v) is 19.1. The lowest BCUT2D eigenvalue weighted by atomic mass is 9.93. The quantitative estimate of drug-likeness (QED) is 0.201. The van der Waals surface area contributed by atoms with Crippen LogP contribution in [0.2, 0.25) is 10.0 Å². The van der Waals surface area contributed by atoms with E-state index in [1.165, 1.54) is 0 Å². The molecular weight excluding hydrogens is 477 g/mol. The van der Waals surface area contributed by atoms with Crippen molar-refractivity contribution in [3.05, 3.63) is 33.8 Å². The first-order valence-electron chi connectivity index (χ1n) is 9.79. The molecule has 3 amide bonds. The van der Waals surface area contributed by atoms with Crippen LogP contribution < -0.4 is 22.5 Å². The Morgan fingerprint density at radius 3 is 2.18 bits per heavy atom. The zero-order valence-electron chi connectivity index (χ0n) is 17.6. The summed E-state index contributed by atoms with van der Waals surface area (Å²) < 4.78 is 0. The third-order valence-electron chi connectivity index (χ3n) is 4.53. The van der Waals surface area contributed by atoms with Gasteiger partial charge in [-0.15, -0.1) is 0 Å². The van der Waals surface area contributed by atoms with E-state index >= 15 is 0 Å². The molecule has 0 fully saturated rings. The standard InChI is InChI=1S/C20H25Cl2N5O6/c21-12-2-1-3-13(22)11(12)9-18(31)27-20(25)26-17(30)7-4-10(19(32)33)8-15(28)14(23)5-6-16(24)29/h1-3,10,14H,4-9,23H2,(H2,24,29)(H,32,33)(H3,25,26,27,30,31)/t10-,14-/m1/s1. The van der Waals surface area contributed by atoms with Crippen molar-refractivity contribution >= 4 is 58.6 Å². The summed E-state index contributed by atoms with van der Waals surface area (Å²) in [4.78, 5) is 61.9. The number of nitrogens with two attached hydrogens (primary N) is 3. The number of amides is 3. The number of carboxylic acids is 1. The number of aliphatic carboxylic acids is 1. The highest BCUT2D eigenvalue weighted by Crippen LogP contribution is 2.24. The van der Waals surface area contributed by atoms with Crippen molar-refractivity contribution in [2.24, 2.45) is 28.1 Å². The van der Waals surface area contributed by atoms with Crippen molar-refractivity contribution in [3.63, 3.8) is 0 Å². The second-order valence-electron chi connectivity index (χ2n) is 7.17. The fourth-order valence-electron chi connectivity index (χ4n) is 2.73. The average Bonchev–Trinajstić information content (AvgIpc) is 2.71. The molecular formula is C20H25Cl2N5O6. The van der Waals surface area contributed by atoms with Crippen LogP contribution in [0, 0.1) is 5.92 Å². The molecule has 0 saturated heterocycles. The number of carbonyl (C=O) groups excluding carboxylic acids is 4. The van der Waals surface area contributed by atoms with Gasteiger partial charge < -0.3 is 22.3 Å². The molecule has 0 bridgehead atoms. The number of ketones is 1. The highest BCUT2D eigenvalue weighted by Gasteiger charge is 2.25. The predicted molar refractivity (Wildman–Crippen MR) is 121 cm³/mol. The summed E-state index contributed by atoms with van der Waals surface area (Å²) in [5.74, 6) is -5.56. The maximum atomic E-state index is 12.1. The van der Waals surface area contributed by atoms with Gasteiger partial charge in [-0.05, 0) is 30.5 Å². The summed E-state index contributed by atoms with van der Waals surface area (Å²) in [6.45, 7) is 0. The molecule has 0 heterocycles. The third kappa shape index (κ3) is 10.4. The van der Waals surface area contributed by atoms with Crippen LogP contribution in [-0.2, 0) is 30.4 Å². The monoisotopic (exact) mass is 501 g/mol. The number of nitrogens with zero attached hydrogens (tertiary/aromatic N) is 1. The summed E-state index contributed by atoms with van der Waals surface area (Å²) >= 11 is 12.0. The van der Waals surface area contributed by atoms with E-state index in [2.05, 4.69) is 10.3 Å². The molecule has 0 unspecified atom stereocenters. The lowest BCUT2D eigenvalue weighted by molar-refractivity contribution is -0.144. The first-order valence-corrected chi connectivity index (χ1v) is 10.5. The number of Topliss-reactive ketones (excluding diaryl/α,β-unsaturated/α-hetero) is 1. The minimum atomic E-state index is -1.29. The van der Waals surface area contributed by atoms with E-state index in [1.807, 2.05) is 0 Å². The molecule has 13 heteroatoms. The van der Waals surface area contributed by atoms with Gasteiger partial charge >= 0.3 is 5.97 Å². The average molecular weight is 502 g/mol. The van der Waals surface area contributed by atoms with Gasteiger partial charge in [-0.1, -0.05) is 29.3 Å². The fourth-order valence-corrected chi connectivity index (χ4v) is 3.26.